The Hall–Kier alpha value is -0.500. The highest BCUT2D eigenvalue weighted by Crippen LogP contribution is 2.27. The molecule has 14 heavy (non-hydrogen) atoms. The molecule has 0 atom stereocenters. The van der Waals surface area contributed by atoms with Gasteiger partial charge in [-0.05, 0) is 34.2 Å². The van der Waals surface area contributed by atoms with Crippen molar-refractivity contribution in [3.8, 4) is 5.88 Å². The first-order chi connectivity index (χ1) is 6.60. The molecule has 0 saturated carbocycles. The first-order valence-electron chi connectivity index (χ1n) is 3.81. The predicted octanol–water partition coefficient (Wildman–Crippen LogP) is 2.09. The standard InChI is InChI=1S/C8H9F2IN2O/c1-14-8-5(11)2-4(3-12)6(13-8)7(9)10/h2,7H,3,12H2,1H3. The monoisotopic (exact) mass is 314 g/mol. The van der Waals surface area contributed by atoms with Crippen LogP contribution in [0, 0.1) is 3.57 Å². The smallest absolute Gasteiger partial charge is 0.280 e. The normalized spacial score (nSPS) is 10.7. The van der Waals surface area contributed by atoms with Gasteiger partial charge in [0.05, 0.1) is 10.7 Å². The van der Waals surface area contributed by atoms with Crippen LogP contribution in [-0.2, 0) is 6.54 Å². The number of rotatable bonds is 3. The van der Waals surface area contributed by atoms with Crippen molar-refractivity contribution in [1.82, 2.24) is 4.98 Å². The van der Waals surface area contributed by atoms with Crippen LogP contribution in [0.5, 0.6) is 5.88 Å². The quantitative estimate of drug-likeness (QED) is 0.869. The van der Waals surface area contributed by atoms with Gasteiger partial charge >= 0.3 is 0 Å². The third kappa shape index (κ3) is 2.30. The maximum atomic E-state index is 12.5. The zero-order valence-electron chi connectivity index (χ0n) is 7.43. The molecule has 1 aromatic rings. The van der Waals surface area contributed by atoms with E-state index in [0.29, 0.717) is 9.13 Å². The molecule has 2 N–H and O–H groups in total. The highest BCUT2D eigenvalue weighted by molar-refractivity contribution is 14.1. The van der Waals surface area contributed by atoms with Crippen LogP contribution in [0.4, 0.5) is 8.78 Å². The Bertz CT molecular complexity index is 333. The van der Waals surface area contributed by atoms with E-state index in [1.54, 1.807) is 6.07 Å². The summed E-state index contributed by atoms with van der Waals surface area (Å²) in [6.45, 7) is 0.0483. The van der Waals surface area contributed by atoms with E-state index in [1.807, 2.05) is 22.6 Å². The van der Waals surface area contributed by atoms with Crippen LogP contribution in [-0.4, -0.2) is 12.1 Å². The molecule has 6 heteroatoms. The lowest BCUT2D eigenvalue weighted by atomic mass is 10.2. The summed E-state index contributed by atoms with van der Waals surface area (Å²) in [5, 5.41) is 0. The Labute approximate surface area is 93.8 Å². The van der Waals surface area contributed by atoms with E-state index in [4.69, 9.17) is 10.5 Å². The molecule has 0 aliphatic heterocycles. The van der Waals surface area contributed by atoms with Gasteiger partial charge in [0.15, 0.2) is 0 Å². The van der Waals surface area contributed by atoms with Crippen molar-refractivity contribution in [1.29, 1.82) is 0 Å². The topological polar surface area (TPSA) is 48.1 Å². The van der Waals surface area contributed by atoms with E-state index in [-0.39, 0.29) is 18.1 Å². The minimum Gasteiger partial charge on any atom is -0.480 e. The molecule has 78 valence electrons. The summed E-state index contributed by atoms with van der Waals surface area (Å²) in [5.74, 6) is 0.207. The number of methoxy groups -OCH3 is 1. The van der Waals surface area contributed by atoms with Gasteiger partial charge in [0, 0.05) is 6.54 Å². The molecule has 0 aliphatic carbocycles. The number of nitrogens with two attached hydrogens (primary N) is 1. The fourth-order valence-electron chi connectivity index (χ4n) is 1.02. The van der Waals surface area contributed by atoms with Crippen LogP contribution < -0.4 is 10.5 Å². The second-order valence-corrected chi connectivity index (χ2v) is 3.69. The number of halogens is 3. The fourth-order valence-corrected chi connectivity index (χ4v) is 1.74. The van der Waals surface area contributed by atoms with Crippen molar-refractivity contribution in [2.75, 3.05) is 7.11 Å². The fraction of sp³-hybridized carbons (Fsp3) is 0.375. The van der Waals surface area contributed by atoms with Crippen LogP contribution in [0.3, 0.4) is 0 Å². The highest BCUT2D eigenvalue weighted by Gasteiger charge is 2.17. The lowest BCUT2D eigenvalue weighted by Crippen LogP contribution is -2.06. The van der Waals surface area contributed by atoms with Crippen molar-refractivity contribution in [2.24, 2.45) is 5.73 Å². The second-order valence-electron chi connectivity index (χ2n) is 2.53. The average molecular weight is 314 g/mol. The van der Waals surface area contributed by atoms with Crippen molar-refractivity contribution < 1.29 is 13.5 Å². The minimum atomic E-state index is -2.63. The Morgan fingerprint density at radius 3 is 2.71 bits per heavy atom. The number of nitrogens with zero attached hydrogens (tertiary/aromatic N) is 1. The molecular weight excluding hydrogens is 305 g/mol. The molecular formula is C8H9F2IN2O. The van der Waals surface area contributed by atoms with Gasteiger partial charge in [-0.1, -0.05) is 0 Å². The maximum absolute atomic E-state index is 12.5. The van der Waals surface area contributed by atoms with E-state index in [0.717, 1.165) is 0 Å². The molecule has 3 nitrogen and oxygen atoms in total. The van der Waals surface area contributed by atoms with Crippen molar-refractivity contribution in [3.05, 3.63) is 20.9 Å². The Morgan fingerprint density at radius 1 is 1.64 bits per heavy atom. The van der Waals surface area contributed by atoms with E-state index in [9.17, 15) is 8.78 Å². The number of ether oxygens (including phenoxy) is 1. The molecule has 0 aromatic carbocycles. The third-order valence-electron chi connectivity index (χ3n) is 1.68. The van der Waals surface area contributed by atoms with Crippen LogP contribution >= 0.6 is 22.6 Å². The predicted molar refractivity (Wildman–Crippen MR) is 56.4 cm³/mol. The zero-order chi connectivity index (χ0) is 10.7. The number of pyridine rings is 1. The van der Waals surface area contributed by atoms with Gasteiger partial charge in [0.25, 0.3) is 6.43 Å². The molecule has 1 rings (SSSR count). The Kier molecular flexibility index (Phi) is 3.99. The van der Waals surface area contributed by atoms with Gasteiger partial charge < -0.3 is 10.5 Å². The molecule has 0 radical (unpaired) electrons. The summed E-state index contributed by atoms with van der Waals surface area (Å²) in [4.78, 5) is 3.70. The lowest BCUT2D eigenvalue weighted by Gasteiger charge is -2.09. The zero-order valence-corrected chi connectivity index (χ0v) is 9.59. The summed E-state index contributed by atoms with van der Waals surface area (Å²) in [5.41, 5.74) is 5.38. The Morgan fingerprint density at radius 2 is 2.29 bits per heavy atom. The molecule has 1 heterocycles. The van der Waals surface area contributed by atoms with Gasteiger partial charge in [0.1, 0.15) is 5.69 Å². The maximum Gasteiger partial charge on any atom is 0.280 e. The van der Waals surface area contributed by atoms with Crippen molar-refractivity contribution in [3.63, 3.8) is 0 Å². The molecule has 0 spiro atoms. The second kappa shape index (κ2) is 4.83. The number of alkyl halides is 2. The van der Waals surface area contributed by atoms with Gasteiger partial charge in [-0.15, -0.1) is 0 Å². The highest BCUT2D eigenvalue weighted by atomic mass is 127. The van der Waals surface area contributed by atoms with E-state index < -0.39 is 6.43 Å². The minimum absolute atomic E-state index is 0.0483. The summed E-state index contributed by atoms with van der Waals surface area (Å²) in [6, 6.07) is 1.56. The lowest BCUT2D eigenvalue weighted by molar-refractivity contribution is 0.143. The Balaban J connectivity index is 3.25. The van der Waals surface area contributed by atoms with Gasteiger partial charge in [-0.3, -0.25) is 0 Å². The van der Waals surface area contributed by atoms with Crippen LogP contribution in [0.2, 0.25) is 0 Å². The number of hydrogen-bond acceptors (Lipinski definition) is 3. The van der Waals surface area contributed by atoms with Crippen LogP contribution in [0.1, 0.15) is 17.7 Å². The van der Waals surface area contributed by atoms with Crippen molar-refractivity contribution >= 4 is 22.6 Å². The van der Waals surface area contributed by atoms with E-state index in [2.05, 4.69) is 4.98 Å². The van der Waals surface area contributed by atoms with Crippen LogP contribution in [0.15, 0.2) is 6.07 Å². The molecule has 1 aromatic heterocycles. The molecule has 0 unspecified atom stereocenters. The summed E-state index contributed by atoms with van der Waals surface area (Å²) >= 11 is 1.96. The molecule has 0 aliphatic rings. The van der Waals surface area contributed by atoms with Gasteiger partial charge in [-0.2, -0.15) is 0 Å². The molecule has 0 amide bonds. The summed E-state index contributed by atoms with van der Waals surface area (Å²) < 4.78 is 30.5. The molecule has 0 saturated heterocycles. The largest absolute Gasteiger partial charge is 0.480 e. The van der Waals surface area contributed by atoms with Crippen molar-refractivity contribution in [2.45, 2.75) is 13.0 Å². The van der Waals surface area contributed by atoms with Crippen LogP contribution in [0.25, 0.3) is 0 Å². The van der Waals surface area contributed by atoms with E-state index >= 15 is 0 Å². The first kappa shape index (κ1) is 11.6. The number of hydrogen-bond donors (Lipinski definition) is 1. The third-order valence-corrected chi connectivity index (χ3v) is 2.45. The summed E-state index contributed by atoms with van der Waals surface area (Å²) in [6.07, 6.45) is -2.63. The number of aromatic nitrogens is 1. The van der Waals surface area contributed by atoms with Gasteiger partial charge in [-0.25, -0.2) is 13.8 Å². The SMILES string of the molecule is COc1nc(C(F)F)c(CN)cc1I. The average Bonchev–Trinajstić information content (AvgIpc) is 2.16. The molecule has 0 fully saturated rings. The van der Waals surface area contributed by atoms with E-state index in [1.165, 1.54) is 7.11 Å². The summed E-state index contributed by atoms with van der Waals surface area (Å²) in [7, 11) is 1.39. The first-order valence-corrected chi connectivity index (χ1v) is 4.89. The van der Waals surface area contributed by atoms with Gasteiger partial charge in [0.2, 0.25) is 5.88 Å². The molecule has 0 bridgehead atoms.